The highest BCUT2D eigenvalue weighted by atomic mass is 16.3. The van der Waals surface area contributed by atoms with Crippen LogP contribution in [0.5, 0.6) is 0 Å². The van der Waals surface area contributed by atoms with E-state index in [-0.39, 0.29) is 29.6 Å². The van der Waals surface area contributed by atoms with Gasteiger partial charge in [0.25, 0.3) is 5.91 Å². The maximum atomic E-state index is 14.1. The second-order valence-electron chi connectivity index (χ2n) is 11.5. The topological polar surface area (TPSA) is 133 Å². The summed E-state index contributed by atoms with van der Waals surface area (Å²) in [7, 11) is 0. The first-order valence-corrected chi connectivity index (χ1v) is 14.1. The van der Waals surface area contributed by atoms with E-state index in [0.717, 1.165) is 37.0 Å². The summed E-state index contributed by atoms with van der Waals surface area (Å²) in [4.78, 5) is 41.2. The quantitative estimate of drug-likeness (QED) is 0.283. The van der Waals surface area contributed by atoms with Gasteiger partial charge in [0.05, 0.1) is 18.2 Å². The molecule has 0 aromatic carbocycles. The molecule has 0 radical (unpaired) electrons. The molecule has 36 heavy (non-hydrogen) atoms. The van der Waals surface area contributed by atoms with E-state index in [9.17, 15) is 24.6 Å². The Bertz CT molecular complexity index is 695. The first-order chi connectivity index (χ1) is 16.8. The maximum absolute atomic E-state index is 14.1. The second-order valence-corrected chi connectivity index (χ2v) is 11.5. The van der Waals surface area contributed by atoms with Crippen LogP contribution in [0.25, 0.3) is 0 Å². The average molecular weight is 512 g/mol. The summed E-state index contributed by atoms with van der Waals surface area (Å²) < 4.78 is 0. The van der Waals surface area contributed by atoms with Crippen LogP contribution in [0.3, 0.4) is 0 Å². The fraction of sp³-hybridized carbons (Fsp3) is 0.893. The minimum absolute atomic E-state index is 0.124. The van der Waals surface area contributed by atoms with Crippen molar-refractivity contribution < 1.29 is 24.6 Å². The Hall–Kier alpha value is -1.51. The van der Waals surface area contributed by atoms with Crippen molar-refractivity contribution in [2.75, 3.05) is 0 Å². The lowest BCUT2D eigenvalue weighted by molar-refractivity contribution is -0.158. The number of carbonyl (C=O) groups excluding carboxylic acids is 3. The van der Waals surface area contributed by atoms with Gasteiger partial charge in [-0.2, -0.15) is 0 Å². The monoisotopic (exact) mass is 511 g/mol. The molecule has 210 valence electrons. The number of amides is 3. The van der Waals surface area contributed by atoms with E-state index in [0.29, 0.717) is 25.7 Å². The van der Waals surface area contributed by atoms with Gasteiger partial charge in [-0.3, -0.25) is 19.3 Å². The molecule has 0 spiro atoms. The zero-order valence-corrected chi connectivity index (χ0v) is 23.7. The zero-order valence-electron chi connectivity index (χ0n) is 23.7. The Morgan fingerprint density at radius 3 is 1.97 bits per heavy atom. The minimum Gasteiger partial charge on any atom is -0.390 e. The molecule has 7 atom stereocenters. The van der Waals surface area contributed by atoms with E-state index < -0.39 is 42.1 Å². The fourth-order valence-corrected chi connectivity index (χ4v) is 5.19. The van der Waals surface area contributed by atoms with E-state index in [4.69, 9.17) is 5.73 Å². The highest BCUT2D eigenvalue weighted by Gasteiger charge is 2.44. The second kappa shape index (κ2) is 15.7. The lowest BCUT2D eigenvalue weighted by Gasteiger charge is -2.41. The van der Waals surface area contributed by atoms with Crippen LogP contribution in [-0.4, -0.2) is 63.2 Å². The number of imide groups is 1. The van der Waals surface area contributed by atoms with E-state index in [1.54, 1.807) is 0 Å². The summed E-state index contributed by atoms with van der Waals surface area (Å²) in [5.74, 6) is -1.52. The van der Waals surface area contributed by atoms with Gasteiger partial charge in [0, 0.05) is 6.92 Å². The van der Waals surface area contributed by atoms with E-state index in [1.807, 2.05) is 41.5 Å². The highest BCUT2D eigenvalue weighted by Crippen LogP contribution is 2.32. The number of hydrogen-bond acceptors (Lipinski definition) is 6. The summed E-state index contributed by atoms with van der Waals surface area (Å²) in [5.41, 5.74) is 6.37. The van der Waals surface area contributed by atoms with Crippen LogP contribution in [0.2, 0.25) is 0 Å². The van der Waals surface area contributed by atoms with Crippen molar-refractivity contribution in [1.29, 1.82) is 0 Å². The number of carbonyl (C=O) groups is 3. The zero-order chi connectivity index (χ0) is 27.6. The minimum atomic E-state index is -1.30. The molecule has 1 fully saturated rings. The molecular weight excluding hydrogens is 458 g/mol. The molecule has 8 heteroatoms. The maximum Gasteiger partial charge on any atom is 0.252 e. The normalized spacial score (nSPS) is 20.6. The number of nitrogens with zero attached hydrogens (tertiary/aromatic N) is 1. The van der Waals surface area contributed by atoms with Crippen molar-refractivity contribution in [1.82, 2.24) is 10.2 Å². The van der Waals surface area contributed by atoms with Crippen LogP contribution in [-0.2, 0) is 14.4 Å². The molecule has 0 aromatic heterocycles. The van der Waals surface area contributed by atoms with Gasteiger partial charge in [-0.25, -0.2) is 0 Å². The Morgan fingerprint density at radius 1 is 0.944 bits per heavy atom. The molecule has 8 nitrogen and oxygen atoms in total. The highest BCUT2D eigenvalue weighted by molar-refractivity contribution is 6.01. The van der Waals surface area contributed by atoms with Crippen molar-refractivity contribution in [3.05, 3.63) is 0 Å². The van der Waals surface area contributed by atoms with Gasteiger partial charge < -0.3 is 21.3 Å². The average Bonchev–Trinajstić information content (AvgIpc) is 2.84. The van der Waals surface area contributed by atoms with Crippen LogP contribution >= 0.6 is 0 Å². The fourth-order valence-electron chi connectivity index (χ4n) is 5.19. The van der Waals surface area contributed by atoms with Crippen molar-refractivity contribution in [3.63, 3.8) is 0 Å². The van der Waals surface area contributed by atoms with Crippen LogP contribution in [0.15, 0.2) is 0 Å². The van der Waals surface area contributed by atoms with E-state index in [1.165, 1.54) is 6.92 Å². The summed E-state index contributed by atoms with van der Waals surface area (Å²) in [6, 6.07) is -2.78. The van der Waals surface area contributed by atoms with Gasteiger partial charge in [-0.1, -0.05) is 86.5 Å². The van der Waals surface area contributed by atoms with Crippen LogP contribution in [0.1, 0.15) is 106 Å². The SMILES string of the molecule is CC[C@H](C)[C@H](N)C(=O)N(C(=O)[C@@H](NC(C)=O)[C@@H](C)CC)[C@@H](CC1CCCCC1)[C@@H](O)[C@@H](O)CC(C)C. The lowest BCUT2D eigenvalue weighted by atomic mass is 9.81. The number of nitrogens with two attached hydrogens (primary N) is 1. The van der Waals surface area contributed by atoms with Crippen molar-refractivity contribution in [3.8, 4) is 0 Å². The molecule has 0 unspecified atom stereocenters. The molecule has 1 rings (SSSR count). The number of aliphatic hydroxyl groups excluding tert-OH is 2. The van der Waals surface area contributed by atoms with Gasteiger partial charge in [0.2, 0.25) is 11.8 Å². The first-order valence-electron chi connectivity index (χ1n) is 14.1. The molecular formula is C28H53N3O5. The summed E-state index contributed by atoms with van der Waals surface area (Å²) in [6.07, 6.45) is 4.82. The summed E-state index contributed by atoms with van der Waals surface area (Å²) in [5, 5.41) is 25.1. The number of aliphatic hydroxyl groups is 2. The van der Waals surface area contributed by atoms with Gasteiger partial charge >= 0.3 is 0 Å². The molecule has 1 aliphatic carbocycles. The van der Waals surface area contributed by atoms with Crippen LogP contribution < -0.4 is 11.1 Å². The largest absolute Gasteiger partial charge is 0.390 e. The molecule has 0 saturated heterocycles. The Kier molecular flexibility index (Phi) is 14.2. The van der Waals surface area contributed by atoms with E-state index >= 15 is 0 Å². The van der Waals surface area contributed by atoms with E-state index in [2.05, 4.69) is 5.32 Å². The van der Waals surface area contributed by atoms with Gasteiger partial charge in [0.15, 0.2) is 0 Å². The van der Waals surface area contributed by atoms with Gasteiger partial charge in [-0.15, -0.1) is 0 Å². The van der Waals surface area contributed by atoms with Crippen LogP contribution in [0.4, 0.5) is 0 Å². The molecule has 0 aromatic rings. The Morgan fingerprint density at radius 2 is 1.50 bits per heavy atom. The Balaban J connectivity index is 3.58. The van der Waals surface area contributed by atoms with Gasteiger partial charge in [0.1, 0.15) is 12.1 Å². The summed E-state index contributed by atoms with van der Waals surface area (Å²) >= 11 is 0. The molecule has 1 saturated carbocycles. The molecule has 5 N–H and O–H groups in total. The predicted molar refractivity (Wildman–Crippen MR) is 143 cm³/mol. The van der Waals surface area contributed by atoms with Crippen LogP contribution in [0, 0.1) is 23.7 Å². The van der Waals surface area contributed by atoms with Crippen molar-refractivity contribution >= 4 is 17.7 Å². The molecule has 0 aliphatic heterocycles. The predicted octanol–water partition coefficient (Wildman–Crippen LogP) is 3.37. The third-order valence-corrected chi connectivity index (χ3v) is 7.99. The Labute approximate surface area is 218 Å². The molecule has 0 heterocycles. The third kappa shape index (κ3) is 9.42. The molecule has 1 aliphatic rings. The third-order valence-electron chi connectivity index (χ3n) is 7.99. The molecule has 0 bridgehead atoms. The van der Waals surface area contributed by atoms with Gasteiger partial charge in [-0.05, 0) is 36.5 Å². The van der Waals surface area contributed by atoms with Crippen molar-refractivity contribution in [2.45, 2.75) is 137 Å². The number of rotatable bonds is 14. The standard InChI is InChI=1S/C28H53N3O5/c1-8-18(5)24(29)27(35)31(28(36)25(19(6)9-2)30-20(7)32)22(16-21-13-11-10-12-14-21)26(34)23(33)15-17(3)4/h17-19,21-26,33-34H,8-16,29H2,1-7H3,(H,30,32)/t18-,19-,22-,23-,24-,25-,26+/m0/s1. The first kappa shape index (κ1) is 32.5. The lowest BCUT2D eigenvalue weighted by Crippen LogP contribution is -2.63. The number of hydrogen-bond donors (Lipinski definition) is 4. The smallest absolute Gasteiger partial charge is 0.252 e. The van der Waals surface area contributed by atoms with Crippen molar-refractivity contribution in [2.24, 2.45) is 29.4 Å². The summed E-state index contributed by atoms with van der Waals surface area (Å²) in [6.45, 7) is 12.8. The molecule has 3 amide bonds. The number of nitrogens with one attached hydrogen (secondary N) is 1.